The maximum Gasteiger partial charge on any atom is 0.394 e. The van der Waals surface area contributed by atoms with Gasteiger partial charge in [0.05, 0.1) is 0 Å². The number of aliphatic carboxylic acids is 1. The first-order chi connectivity index (χ1) is 6.54. The fourth-order valence-corrected chi connectivity index (χ4v) is 0.278. The molecule has 0 aromatic rings. The number of carbonyl (C=O) groups is 2. The number of hydrogen-bond donors (Lipinski definition) is 4. The zero-order valence-corrected chi connectivity index (χ0v) is 8.47. The van der Waals surface area contributed by atoms with Crippen LogP contribution in [0.3, 0.4) is 0 Å². The molecule has 0 bridgehead atoms. The monoisotopic (exact) mass is 245 g/mol. The van der Waals surface area contributed by atoms with Crippen molar-refractivity contribution >= 4 is 22.3 Å². The molecular weight excluding hydrogens is 234 g/mol. The summed E-state index contributed by atoms with van der Waals surface area (Å²) in [7, 11) is -4.67. The molecule has 9 nitrogen and oxygen atoms in total. The summed E-state index contributed by atoms with van der Waals surface area (Å²) in [5.74, 6) is -1.71. The maximum atomic E-state index is 10.1. The van der Waals surface area contributed by atoms with Gasteiger partial charge in [-0.1, -0.05) is 0 Å². The summed E-state index contributed by atoms with van der Waals surface area (Å²) < 4.78 is 35.9. The van der Waals surface area contributed by atoms with E-state index in [9.17, 15) is 9.59 Å². The zero-order chi connectivity index (χ0) is 12.6. The highest BCUT2D eigenvalue weighted by Crippen LogP contribution is 1.82. The second-order valence-corrected chi connectivity index (χ2v) is 3.09. The molecule has 5 N–H and O–H groups in total. The SMILES string of the molecule is CC(=O)OC[C@H](N)C(=O)O.O=S(=O)(O)O. The van der Waals surface area contributed by atoms with Gasteiger partial charge in [0.15, 0.2) is 0 Å². The summed E-state index contributed by atoms with van der Waals surface area (Å²) in [6.45, 7) is 0.916. The third kappa shape index (κ3) is 24.5. The minimum Gasteiger partial charge on any atom is -0.480 e. The molecule has 0 saturated carbocycles. The molecule has 0 fully saturated rings. The van der Waals surface area contributed by atoms with Crippen molar-refractivity contribution in [3.63, 3.8) is 0 Å². The minimum absolute atomic E-state index is 0.273. The van der Waals surface area contributed by atoms with Crippen molar-refractivity contribution in [1.82, 2.24) is 0 Å². The van der Waals surface area contributed by atoms with Crippen LogP contribution >= 0.6 is 0 Å². The first-order valence-corrected chi connectivity index (χ1v) is 4.75. The average Bonchev–Trinajstić information content (AvgIpc) is 1.96. The number of carbonyl (C=O) groups excluding carboxylic acids is 1. The van der Waals surface area contributed by atoms with Crippen LogP contribution in [0.15, 0.2) is 0 Å². The number of nitrogens with two attached hydrogens (primary N) is 1. The summed E-state index contributed by atoms with van der Waals surface area (Å²) in [6.07, 6.45) is 0. The molecule has 0 heterocycles. The molecule has 0 aliphatic carbocycles. The largest absolute Gasteiger partial charge is 0.480 e. The van der Waals surface area contributed by atoms with E-state index in [1.54, 1.807) is 0 Å². The number of esters is 1. The molecular formula is C5H11NO8S. The number of hydrogen-bond acceptors (Lipinski definition) is 6. The van der Waals surface area contributed by atoms with E-state index in [1.807, 2.05) is 0 Å². The smallest absolute Gasteiger partial charge is 0.394 e. The average molecular weight is 245 g/mol. The van der Waals surface area contributed by atoms with Gasteiger partial charge in [-0.05, 0) is 0 Å². The molecule has 10 heteroatoms. The van der Waals surface area contributed by atoms with E-state index in [1.165, 1.54) is 6.92 Å². The maximum absolute atomic E-state index is 10.1. The van der Waals surface area contributed by atoms with Gasteiger partial charge in [-0.3, -0.25) is 18.7 Å². The zero-order valence-electron chi connectivity index (χ0n) is 7.65. The normalized spacial score (nSPS) is 12.0. The predicted octanol–water partition coefficient (Wildman–Crippen LogP) is -1.69. The second-order valence-electron chi connectivity index (χ2n) is 2.20. The van der Waals surface area contributed by atoms with Crippen LogP contribution in [0.4, 0.5) is 0 Å². The Balaban J connectivity index is 0. The molecule has 0 amide bonds. The van der Waals surface area contributed by atoms with Crippen LogP contribution in [0.2, 0.25) is 0 Å². The van der Waals surface area contributed by atoms with Crippen molar-refractivity contribution < 1.29 is 37.0 Å². The van der Waals surface area contributed by atoms with E-state index in [0.29, 0.717) is 0 Å². The van der Waals surface area contributed by atoms with Crippen LogP contribution in [0.5, 0.6) is 0 Å². The van der Waals surface area contributed by atoms with Crippen LogP contribution in [0, 0.1) is 0 Å². The quantitative estimate of drug-likeness (QED) is 0.335. The molecule has 0 aliphatic rings. The van der Waals surface area contributed by atoms with Gasteiger partial charge in [0.1, 0.15) is 12.6 Å². The molecule has 0 aromatic heterocycles. The summed E-state index contributed by atoms with van der Waals surface area (Å²) >= 11 is 0. The van der Waals surface area contributed by atoms with Crippen LogP contribution in [-0.4, -0.2) is 47.2 Å². The van der Waals surface area contributed by atoms with Crippen LogP contribution in [0.25, 0.3) is 0 Å². The summed E-state index contributed by atoms with van der Waals surface area (Å²) in [4.78, 5) is 20.1. The van der Waals surface area contributed by atoms with Crippen LogP contribution in [0.1, 0.15) is 6.92 Å². The number of carboxylic acid groups (broad SMARTS) is 1. The highest BCUT2D eigenvalue weighted by atomic mass is 32.3. The van der Waals surface area contributed by atoms with Gasteiger partial charge in [0.25, 0.3) is 0 Å². The van der Waals surface area contributed by atoms with Gasteiger partial charge in [-0.25, -0.2) is 0 Å². The van der Waals surface area contributed by atoms with Crippen LogP contribution < -0.4 is 5.73 Å². The molecule has 90 valence electrons. The van der Waals surface area contributed by atoms with Crippen molar-refractivity contribution in [3.8, 4) is 0 Å². The first-order valence-electron chi connectivity index (χ1n) is 3.35. The lowest BCUT2D eigenvalue weighted by atomic mass is 10.3. The molecule has 0 saturated heterocycles. The number of carboxylic acids is 1. The molecule has 0 unspecified atom stereocenters. The van der Waals surface area contributed by atoms with Gasteiger partial charge in [0.2, 0.25) is 0 Å². The van der Waals surface area contributed by atoms with Gasteiger partial charge < -0.3 is 15.6 Å². The molecule has 0 rings (SSSR count). The van der Waals surface area contributed by atoms with Crippen LogP contribution in [-0.2, 0) is 24.7 Å². The molecule has 0 aromatic carbocycles. The van der Waals surface area contributed by atoms with E-state index in [0.717, 1.165) is 0 Å². The summed E-state index contributed by atoms with van der Waals surface area (Å²) in [5, 5.41) is 8.18. The van der Waals surface area contributed by atoms with Gasteiger partial charge in [-0.15, -0.1) is 0 Å². The summed E-state index contributed by atoms with van der Waals surface area (Å²) in [5.41, 5.74) is 4.99. The van der Waals surface area contributed by atoms with Crippen molar-refractivity contribution in [1.29, 1.82) is 0 Å². The standard InChI is InChI=1S/C5H9NO4.H2O4S/c1-3(7)10-2-4(6)5(8)9;1-5(2,3)4/h4H,2,6H2,1H3,(H,8,9);(H2,1,2,3,4)/t4-;/m0./s1. The highest BCUT2D eigenvalue weighted by Gasteiger charge is 2.11. The van der Waals surface area contributed by atoms with E-state index >= 15 is 0 Å². The Labute approximate surface area is 85.4 Å². The van der Waals surface area contributed by atoms with Gasteiger partial charge >= 0.3 is 22.3 Å². The second kappa shape index (κ2) is 7.11. The number of ether oxygens (including phenoxy) is 1. The number of rotatable bonds is 3. The fraction of sp³-hybridized carbons (Fsp3) is 0.600. The third-order valence-corrected chi connectivity index (χ3v) is 0.783. The van der Waals surface area contributed by atoms with Crippen molar-refractivity contribution in [2.24, 2.45) is 5.73 Å². The lowest BCUT2D eigenvalue weighted by molar-refractivity contribution is -0.146. The highest BCUT2D eigenvalue weighted by molar-refractivity contribution is 7.79. The third-order valence-electron chi connectivity index (χ3n) is 0.783. The molecule has 0 spiro atoms. The minimum atomic E-state index is -4.67. The van der Waals surface area contributed by atoms with Crippen molar-refractivity contribution in [3.05, 3.63) is 0 Å². The Kier molecular flexibility index (Phi) is 7.69. The van der Waals surface area contributed by atoms with E-state index in [2.05, 4.69) is 4.74 Å². The van der Waals surface area contributed by atoms with E-state index in [-0.39, 0.29) is 6.61 Å². The Bertz CT molecular complexity index is 301. The summed E-state index contributed by atoms with van der Waals surface area (Å²) in [6, 6.07) is -1.12. The fourth-order valence-electron chi connectivity index (χ4n) is 0.278. The molecule has 1 atom stereocenters. The predicted molar refractivity (Wildman–Crippen MR) is 46.4 cm³/mol. The lowest BCUT2D eigenvalue weighted by Crippen LogP contribution is -2.35. The van der Waals surface area contributed by atoms with Gasteiger partial charge in [-0.2, -0.15) is 8.42 Å². The molecule has 15 heavy (non-hydrogen) atoms. The Morgan fingerprint density at radius 2 is 1.73 bits per heavy atom. The van der Waals surface area contributed by atoms with Gasteiger partial charge in [0, 0.05) is 6.92 Å². The molecule has 0 aliphatic heterocycles. The van der Waals surface area contributed by atoms with Crippen molar-refractivity contribution in [2.75, 3.05) is 6.61 Å². The molecule has 0 radical (unpaired) electrons. The topological polar surface area (TPSA) is 164 Å². The van der Waals surface area contributed by atoms with E-state index in [4.69, 9.17) is 28.4 Å². The first kappa shape index (κ1) is 16.2. The Hall–Kier alpha value is -1.23. The lowest BCUT2D eigenvalue weighted by Gasteiger charge is -2.04. The Morgan fingerprint density at radius 3 is 1.93 bits per heavy atom. The van der Waals surface area contributed by atoms with E-state index < -0.39 is 28.4 Å². The van der Waals surface area contributed by atoms with Crippen molar-refractivity contribution in [2.45, 2.75) is 13.0 Å². The Morgan fingerprint density at radius 1 is 1.40 bits per heavy atom.